The minimum atomic E-state index is -4.11. The third kappa shape index (κ3) is 6.37. The van der Waals surface area contributed by atoms with Crippen molar-refractivity contribution in [3.8, 4) is 0 Å². The smallest absolute Gasteiger partial charge is 0.264 e. The van der Waals surface area contributed by atoms with Crippen LogP contribution in [0.2, 0.25) is 5.02 Å². The van der Waals surface area contributed by atoms with Crippen LogP contribution < -0.4 is 14.9 Å². The van der Waals surface area contributed by atoms with Crippen LogP contribution in [-0.2, 0) is 21.4 Å². The molecule has 0 atom stereocenters. The van der Waals surface area contributed by atoms with E-state index < -0.39 is 28.4 Å². The Balaban J connectivity index is 1.57. The molecule has 194 valence electrons. The number of hydrogen-bond acceptors (Lipinski definition) is 5. The summed E-state index contributed by atoms with van der Waals surface area (Å²) in [7, 11) is -4.11. The molecule has 0 saturated heterocycles. The van der Waals surface area contributed by atoms with E-state index >= 15 is 0 Å². The van der Waals surface area contributed by atoms with Gasteiger partial charge in [-0.3, -0.25) is 18.9 Å². The van der Waals surface area contributed by atoms with Crippen molar-refractivity contribution in [1.29, 1.82) is 0 Å². The van der Waals surface area contributed by atoms with Gasteiger partial charge >= 0.3 is 0 Å². The number of carbonyl (C=O) groups is 2. The van der Waals surface area contributed by atoms with Crippen LogP contribution in [0.4, 0.5) is 11.4 Å². The van der Waals surface area contributed by atoms with E-state index in [1.807, 2.05) is 6.07 Å². The van der Waals surface area contributed by atoms with Gasteiger partial charge in [-0.05, 0) is 60.5 Å². The second-order valence-electron chi connectivity index (χ2n) is 8.40. The van der Waals surface area contributed by atoms with Crippen molar-refractivity contribution in [2.75, 3.05) is 16.2 Å². The number of pyridine rings is 1. The Morgan fingerprint density at radius 2 is 1.68 bits per heavy atom. The lowest BCUT2D eigenvalue weighted by Gasteiger charge is -2.25. The van der Waals surface area contributed by atoms with Crippen LogP contribution in [0.1, 0.15) is 21.5 Å². The highest BCUT2D eigenvalue weighted by molar-refractivity contribution is 7.92. The van der Waals surface area contributed by atoms with E-state index in [-0.39, 0.29) is 28.4 Å². The number of sulfonamides is 1. The zero-order chi connectivity index (χ0) is 27.1. The van der Waals surface area contributed by atoms with Crippen molar-refractivity contribution in [2.24, 2.45) is 0 Å². The molecule has 0 unspecified atom stereocenters. The molecule has 4 rings (SSSR count). The average Bonchev–Trinajstić information content (AvgIpc) is 2.93. The van der Waals surface area contributed by atoms with Crippen LogP contribution in [0, 0.1) is 6.92 Å². The molecule has 38 heavy (non-hydrogen) atoms. The summed E-state index contributed by atoms with van der Waals surface area (Å²) in [6, 6.07) is 22.7. The average molecular weight is 549 g/mol. The number of aromatic nitrogens is 1. The normalized spacial score (nSPS) is 11.0. The van der Waals surface area contributed by atoms with Crippen molar-refractivity contribution in [3.05, 3.63) is 119 Å². The summed E-state index contributed by atoms with van der Waals surface area (Å²) in [5.74, 6) is -1.03. The molecule has 0 bridgehead atoms. The Hall–Kier alpha value is -4.21. The second kappa shape index (κ2) is 11.9. The van der Waals surface area contributed by atoms with E-state index in [4.69, 9.17) is 11.6 Å². The predicted molar refractivity (Wildman–Crippen MR) is 148 cm³/mol. The highest BCUT2D eigenvalue weighted by Crippen LogP contribution is 2.28. The van der Waals surface area contributed by atoms with Crippen LogP contribution in [0.15, 0.2) is 102 Å². The van der Waals surface area contributed by atoms with E-state index in [1.165, 1.54) is 18.2 Å². The van der Waals surface area contributed by atoms with Gasteiger partial charge in [0.15, 0.2) is 0 Å². The summed E-state index contributed by atoms with van der Waals surface area (Å²) in [5, 5.41) is 5.86. The van der Waals surface area contributed by atoms with Gasteiger partial charge in [-0.1, -0.05) is 54.1 Å². The number of halogens is 1. The van der Waals surface area contributed by atoms with Gasteiger partial charge in [-0.2, -0.15) is 0 Å². The third-order valence-electron chi connectivity index (χ3n) is 5.68. The Morgan fingerprint density at radius 1 is 0.947 bits per heavy atom. The summed E-state index contributed by atoms with van der Waals surface area (Å²) in [6.45, 7) is 1.51. The molecule has 10 heteroatoms. The SMILES string of the molecule is Cc1ccc(N(CC(=O)Nc2ccccc2C(=O)NCc2cccnc2)S(=O)(=O)c2ccccc2)cc1Cl. The van der Waals surface area contributed by atoms with Gasteiger partial charge in [-0.15, -0.1) is 0 Å². The number of carbonyl (C=O) groups excluding carboxylic acids is 2. The first-order valence-electron chi connectivity index (χ1n) is 11.7. The third-order valence-corrected chi connectivity index (χ3v) is 7.88. The molecule has 2 amide bonds. The molecule has 0 aliphatic carbocycles. The number of aryl methyl sites for hydroxylation is 1. The standard InChI is InChI=1S/C28H25ClN4O4S/c1-20-13-14-22(16-25(20)29)33(38(36,37)23-9-3-2-4-10-23)19-27(34)32-26-12-6-5-11-24(26)28(35)31-18-21-8-7-15-30-17-21/h2-17H,18-19H2,1H3,(H,31,35)(H,32,34). The lowest BCUT2D eigenvalue weighted by molar-refractivity contribution is -0.114. The molecule has 0 aliphatic heterocycles. The fourth-order valence-electron chi connectivity index (χ4n) is 3.66. The number of nitrogens with zero attached hydrogens (tertiary/aromatic N) is 2. The second-order valence-corrected chi connectivity index (χ2v) is 10.7. The molecular formula is C28H25ClN4O4S. The molecule has 1 heterocycles. The molecule has 4 aromatic rings. The van der Waals surface area contributed by atoms with Crippen molar-refractivity contribution < 1.29 is 18.0 Å². The number of amides is 2. The monoisotopic (exact) mass is 548 g/mol. The molecule has 0 aliphatic rings. The first-order valence-corrected chi connectivity index (χ1v) is 13.5. The van der Waals surface area contributed by atoms with Crippen LogP contribution in [-0.4, -0.2) is 31.8 Å². The van der Waals surface area contributed by atoms with Crippen LogP contribution >= 0.6 is 11.6 Å². The Morgan fingerprint density at radius 3 is 2.39 bits per heavy atom. The quantitative estimate of drug-likeness (QED) is 0.312. The molecule has 8 nitrogen and oxygen atoms in total. The summed E-state index contributed by atoms with van der Waals surface area (Å²) in [4.78, 5) is 30.1. The zero-order valence-electron chi connectivity index (χ0n) is 20.5. The highest BCUT2D eigenvalue weighted by atomic mass is 35.5. The molecule has 2 N–H and O–H groups in total. The lowest BCUT2D eigenvalue weighted by Crippen LogP contribution is -2.38. The zero-order valence-corrected chi connectivity index (χ0v) is 22.0. The first-order chi connectivity index (χ1) is 18.3. The van der Waals surface area contributed by atoms with Crippen molar-refractivity contribution in [1.82, 2.24) is 10.3 Å². The minimum absolute atomic E-state index is 0.0275. The summed E-state index contributed by atoms with van der Waals surface area (Å²) >= 11 is 6.28. The number of para-hydroxylation sites is 1. The summed E-state index contributed by atoms with van der Waals surface area (Å²) in [5.41, 5.74) is 2.31. The highest BCUT2D eigenvalue weighted by Gasteiger charge is 2.28. The maximum absolute atomic E-state index is 13.5. The Bertz CT molecular complexity index is 1550. The maximum Gasteiger partial charge on any atom is 0.264 e. The van der Waals surface area contributed by atoms with Crippen LogP contribution in [0.5, 0.6) is 0 Å². The van der Waals surface area contributed by atoms with E-state index in [9.17, 15) is 18.0 Å². The summed E-state index contributed by atoms with van der Waals surface area (Å²) < 4.78 is 28.1. The predicted octanol–water partition coefficient (Wildman–Crippen LogP) is 4.81. The van der Waals surface area contributed by atoms with E-state index in [2.05, 4.69) is 15.6 Å². The van der Waals surface area contributed by atoms with E-state index in [0.717, 1.165) is 15.4 Å². The van der Waals surface area contributed by atoms with Crippen molar-refractivity contribution >= 4 is 44.8 Å². The number of benzene rings is 3. The fourth-order valence-corrected chi connectivity index (χ4v) is 5.27. The molecular weight excluding hydrogens is 524 g/mol. The van der Waals surface area contributed by atoms with Gasteiger partial charge in [-0.25, -0.2) is 8.42 Å². The van der Waals surface area contributed by atoms with Gasteiger partial charge in [0.25, 0.3) is 15.9 Å². The van der Waals surface area contributed by atoms with Crippen molar-refractivity contribution in [2.45, 2.75) is 18.4 Å². The van der Waals surface area contributed by atoms with E-state index in [0.29, 0.717) is 5.02 Å². The molecule has 1 aromatic heterocycles. The largest absolute Gasteiger partial charge is 0.348 e. The topological polar surface area (TPSA) is 108 Å². The minimum Gasteiger partial charge on any atom is -0.348 e. The van der Waals surface area contributed by atoms with E-state index in [1.54, 1.807) is 80.0 Å². The summed E-state index contributed by atoms with van der Waals surface area (Å²) in [6.07, 6.45) is 3.29. The fraction of sp³-hybridized carbons (Fsp3) is 0.107. The maximum atomic E-state index is 13.5. The molecule has 3 aromatic carbocycles. The molecule has 0 spiro atoms. The van der Waals surface area contributed by atoms with Gasteiger partial charge in [0.05, 0.1) is 21.8 Å². The Kier molecular flexibility index (Phi) is 8.40. The van der Waals surface area contributed by atoms with Gasteiger partial charge < -0.3 is 10.6 Å². The molecule has 0 fully saturated rings. The number of hydrogen-bond donors (Lipinski definition) is 2. The molecule has 0 radical (unpaired) electrons. The van der Waals surface area contributed by atoms with Gasteiger partial charge in [0.1, 0.15) is 6.54 Å². The van der Waals surface area contributed by atoms with Crippen molar-refractivity contribution in [3.63, 3.8) is 0 Å². The van der Waals surface area contributed by atoms with Crippen LogP contribution in [0.3, 0.4) is 0 Å². The number of rotatable bonds is 9. The molecule has 0 saturated carbocycles. The van der Waals surface area contributed by atoms with Crippen LogP contribution in [0.25, 0.3) is 0 Å². The number of nitrogens with one attached hydrogen (secondary N) is 2. The number of anilines is 2. The Labute approximate surface area is 226 Å². The van der Waals surface area contributed by atoms with Gasteiger partial charge in [0, 0.05) is 24.0 Å². The van der Waals surface area contributed by atoms with Gasteiger partial charge in [0.2, 0.25) is 5.91 Å². The lowest BCUT2D eigenvalue weighted by atomic mass is 10.1. The first kappa shape index (κ1) is 26.8.